The van der Waals surface area contributed by atoms with E-state index in [4.69, 9.17) is 9.72 Å². The maximum atomic E-state index is 6.71. The first-order chi connectivity index (χ1) is 30.7. The van der Waals surface area contributed by atoms with Crippen LogP contribution >= 0.6 is 0 Å². The van der Waals surface area contributed by atoms with E-state index in [1.807, 2.05) is 24.4 Å². The number of nitrogens with zero attached hydrogens (tertiary/aromatic N) is 4. The Morgan fingerprint density at radius 1 is 0.508 bits per heavy atom. The number of ether oxygens (including phenoxy) is 1. The largest absolute Gasteiger partial charge is 0.509 e. The van der Waals surface area contributed by atoms with Crippen LogP contribution in [0.4, 0.5) is 22.7 Å². The van der Waals surface area contributed by atoms with E-state index in [1.54, 1.807) is 0 Å². The summed E-state index contributed by atoms with van der Waals surface area (Å²) in [6, 6.07) is 65.5. The van der Waals surface area contributed by atoms with Crippen LogP contribution in [0.3, 0.4) is 0 Å². The molecular formula is C59H53N4OPt-3. The van der Waals surface area contributed by atoms with Crippen molar-refractivity contribution in [3.05, 3.63) is 211 Å². The van der Waals surface area contributed by atoms with Gasteiger partial charge in [-0.25, -0.2) is 4.98 Å². The zero-order valence-electron chi connectivity index (χ0n) is 38.3. The molecule has 0 aliphatic carbocycles. The zero-order valence-corrected chi connectivity index (χ0v) is 40.5. The second kappa shape index (κ2) is 16.9. The summed E-state index contributed by atoms with van der Waals surface area (Å²) in [7, 11) is 0. The second-order valence-corrected chi connectivity index (χ2v) is 19.5. The molecule has 0 saturated heterocycles. The van der Waals surface area contributed by atoms with E-state index in [-0.39, 0.29) is 37.3 Å². The van der Waals surface area contributed by atoms with Gasteiger partial charge < -0.3 is 19.1 Å². The normalized spacial score (nSPS) is 13.0. The van der Waals surface area contributed by atoms with Crippen molar-refractivity contribution in [2.24, 2.45) is 0 Å². The van der Waals surface area contributed by atoms with E-state index < -0.39 is 0 Å². The van der Waals surface area contributed by atoms with E-state index in [2.05, 4.69) is 234 Å². The molecule has 2 aromatic heterocycles. The molecule has 0 N–H and O–H groups in total. The summed E-state index contributed by atoms with van der Waals surface area (Å²) in [6.45, 7) is 20.4. The van der Waals surface area contributed by atoms with Crippen LogP contribution in [0, 0.1) is 18.8 Å². The van der Waals surface area contributed by atoms with Crippen LogP contribution in [0.25, 0.3) is 38.8 Å². The smallest absolute Gasteiger partial charge is 0.135 e. The molecule has 3 heterocycles. The Morgan fingerprint density at radius 2 is 1.22 bits per heavy atom. The molecule has 0 radical (unpaired) electrons. The molecule has 0 atom stereocenters. The number of fused-ring (bicyclic) bond motifs is 4. The minimum Gasteiger partial charge on any atom is -0.509 e. The Hall–Kier alpha value is -6.42. The fourth-order valence-electron chi connectivity index (χ4n) is 8.88. The van der Waals surface area contributed by atoms with Crippen LogP contribution in [0.15, 0.2) is 170 Å². The van der Waals surface area contributed by atoms with Gasteiger partial charge in [-0.1, -0.05) is 152 Å². The topological polar surface area (TPSA) is 33.5 Å². The molecular weight excluding hydrogens is 976 g/mol. The molecule has 0 spiro atoms. The first-order valence-electron chi connectivity index (χ1n) is 22.2. The predicted molar refractivity (Wildman–Crippen MR) is 266 cm³/mol. The maximum Gasteiger partial charge on any atom is 0.135 e. The molecule has 0 bridgehead atoms. The number of pyridine rings is 1. The Labute approximate surface area is 398 Å². The zero-order chi connectivity index (χ0) is 44.4. The molecule has 0 saturated carbocycles. The van der Waals surface area contributed by atoms with E-state index in [0.29, 0.717) is 11.5 Å². The van der Waals surface area contributed by atoms with E-state index in [9.17, 15) is 0 Å². The number of hydrogen-bond donors (Lipinski definition) is 0. The Bertz CT molecular complexity index is 3180. The van der Waals surface area contributed by atoms with Crippen molar-refractivity contribution >= 4 is 44.6 Å². The van der Waals surface area contributed by atoms with E-state index >= 15 is 0 Å². The maximum absolute atomic E-state index is 6.71. The minimum absolute atomic E-state index is 0. The van der Waals surface area contributed by atoms with Crippen molar-refractivity contribution in [3.8, 4) is 28.4 Å². The van der Waals surface area contributed by atoms with Crippen molar-refractivity contribution < 1.29 is 25.8 Å². The number of aromatic nitrogens is 2. The van der Waals surface area contributed by atoms with Crippen LogP contribution in [-0.2, 0) is 37.3 Å². The number of hydrogen-bond acceptors (Lipinski definition) is 4. The van der Waals surface area contributed by atoms with Gasteiger partial charge in [0.1, 0.15) is 5.82 Å². The molecule has 10 rings (SSSR count). The summed E-state index contributed by atoms with van der Waals surface area (Å²) in [5.41, 5.74) is 13.2. The Balaban J connectivity index is 0.00000533. The summed E-state index contributed by atoms with van der Waals surface area (Å²) in [6.07, 6.45) is 1.92. The first kappa shape index (κ1) is 43.8. The molecule has 0 unspecified atom stereocenters. The van der Waals surface area contributed by atoms with Crippen molar-refractivity contribution in [1.29, 1.82) is 0 Å². The summed E-state index contributed by atoms with van der Waals surface area (Å²) in [4.78, 5) is 9.50. The van der Waals surface area contributed by atoms with Crippen LogP contribution in [0.1, 0.15) is 77.6 Å². The number of para-hydroxylation sites is 1. The van der Waals surface area contributed by atoms with Crippen molar-refractivity contribution in [3.63, 3.8) is 0 Å². The fraction of sp³-hybridized carbons (Fsp3) is 0.186. The van der Waals surface area contributed by atoms with E-state index in [1.165, 1.54) is 33.4 Å². The third kappa shape index (κ3) is 8.28. The predicted octanol–water partition coefficient (Wildman–Crippen LogP) is 15.6. The number of anilines is 4. The molecule has 0 fully saturated rings. The van der Waals surface area contributed by atoms with Gasteiger partial charge in [0.25, 0.3) is 0 Å². The van der Waals surface area contributed by atoms with Gasteiger partial charge in [-0.05, 0) is 92.1 Å². The molecule has 1 aliphatic rings. The molecule has 5 nitrogen and oxygen atoms in total. The Morgan fingerprint density at radius 3 is 1.97 bits per heavy atom. The molecule has 0 amide bonds. The number of rotatable bonds is 8. The van der Waals surface area contributed by atoms with Crippen LogP contribution in [0.5, 0.6) is 11.5 Å². The summed E-state index contributed by atoms with van der Waals surface area (Å²) in [5.74, 6) is 2.03. The molecule has 7 aromatic carbocycles. The second-order valence-electron chi connectivity index (χ2n) is 19.5. The summed E-state index contributed by atoms with van der Waals surface area (Å²) >= 11 is 0. The minimum atomic E-state index is -0.225. The Kier molecular flexibility index (Phi) is 11.4. The van der Waals surface area contributed by atoms with Gasteiger partial charge in [-0.3, -0.25) is 0 Å². The molecule has 9 aromatic rings. The van der Waals surface area contributed by atoms with Gasteiger partial charge >= 0.3 is 0 Å². The monoisotopic (exact) mass is 1030 g/mol. The van der Waals surface area contributed by atoms with Gasteiger partial charge in [-0.2, -0.15) is 12.1 Å². The van der Waals surface area contributed by atoms with Gasteiger partial charge in [0.15, 0.2) is 0 Å². The van der Waals surface area contributed by atoms with Crippen molar-refractivity contribution in [2.75, 3.05) is 9.80 Å². The molecule has 1 aliphatic heterocycles. The van der Waals surface area contributed by atoms with Crippen molar-refractivity contribution in [2.45, 2.75) is 71.6 Å². The van der Waals surface area contributed by atoms with Gasteiger partial charge in [0.2, 0.25) is 0 Å². The summed E-state index contributed by atoms with van der Waals surface area (Å²) < 4.78 is 8.91. The fourth-order valence-corrected chi connectivity index (χ4v) is 8.88. The standard InChI is InChI=1S/C59H53N4O.Pt/c1-57(2,3)43-26-29-53-55(35-43)61(39-62(53)47-33-41(40-18-11-9-12-19-40)32-45(34-47)58(4,5)6)46-22-17-23-48(37-46)64-49-27-28-51-50-24-15-16-25-52(50)63(54(51)38-49)56-36-44(30-31-60-56)59(7,8)42-20-13-10-14-21-42;/h9-36,39H,1-8H3;/q-3;. The number of benzene rings is 7. The van der Waals surface area contributed by atoms with Gasteiger partial charge in [0.05, 0.1) is 0 Å². The molecule has 65 heavy (non-hydrogen) atoms. The average molecular weight is 1030 g/mol. The van der Waals surface area contributed by atoms with E-state index in [0.717, 1.165) is 50.4 Å². The van der Waals surface area contributed by atoms with Crippen LogP contribution < -0.4 is 14.5 Å². The van der Waals surface area contributed by atoms with Crippen LogP contribution in [0.2, 0.25) is 0 Å². The van der Waals surface area contributed by atoms with Gasteiger partial charge in [0, 0.05) is 66.8 Å². The van der Waals surface area contributed by atoms with Crippen LogP contribution in [-0.4, -0.2) is 9.55 Å². The third-order valence-electron chi connectivity index (χ3n) is 12.7. The third-order valence-corrected chi connectivity index (χ3v) is 12.7. The van der Waals surface area contributed by atoms with Gasteiger partial charge in [-0.15, -0.1) is 48.1 Å². The van der Waals surface area contributed by atoms with Crippen molar-refractivity contribution in [1.82, 2.24) is 9.55 Å². The SMILES string of the molecule is CC(C)(C)c1cc(-c2ccccc2)cc(N2[CH-]N(c3[c-]c(Oc4[c-]c5c(cc4)c4ccccc4n5-c4cc(C(C)(C)c5ccccc5)ccn4)ccc3)c3cc(C(C)(C)C)ccc32)c1.[Pt]. The molecule has 6 heteroatoms. The first-order valence-corrected chi connectivity index (χ1v) is 22.2. The quantitative estimate of drug-likeness (QED) is 0.142. The average Bonchev–Trinajstić information content (AvgIpc) is 3.85. The molecule has 328 valence electrons. The summed E-state index contributed by atoms with van der Waals surface area (Å²) in [5, 5.41) is 2.22.